The van der Waals surface area contributed by atoms with Crippen molar-refractivity contribution in [1.82, 2.24) is 5.32 Å². The Kier molecular flexibility index (Phi) is 6.82. The maximum Gasteiger partial charge on any atom is 0.338 e. The molecule has 1 aromatic rings. The van der Waals surface area contributed by atoms with Gasteiger partial charge in [-0.15, -0.1) is 0 Å². The molecule has 26 heavy (non-hydrogen) atoms. The quantitative estimate of drug-likeness (QED) is 0.727. The highest BCUT2D eigenvalue weighted by molar-refractivity contribution is 5.92. The maximum atomic E-state index is 12.1. The van der Waals surface area contributed by atoms with Gasteiger partial charge in [-0.05, 0) is 30.5 Å². The van der Waals surface area contributed by atoms with Crippen molar-refractivity contribution in [3.05, 3.63) is 23.8 Å². The number of fused-ring (bicyclic) bond motifs is 1. The molecule has 0 saturated carbocycles. The van der Waals surface area contributed by atoms with Crippen LogP contribution in [0.2, 0.25) is 0 Å². The van der Waals surface area contributed by atoms with Crippen molar-refractivity contribution in [2.45, 2.75) is 26.3 Å². The first-order valence-electron chi connectivity index (χ1n) is 8.34. The van der Waals surface area contributed by atoms with Crippen molar-refractivity contribution in [3.8, 4) is 11.5 Å². The smallest absolute Gasteiger partial charge is 0.338 e. The molecule has 0 bridgehead atoms. The summed E-state index contributed by atoms with van der Waals surface area (Å²) in [6.07, 6.45) is 0.425. The van der Waals surface area contributed by atoms with Crippen LogP contribution < -0.4 is 14.8 Å². The number of rotatable bonds is 7. The van der Waals surface area contributed by atoms with Crippen LogP contribution in [-0.2, 0) is 19.1 Å². The standard InChI is InChI=1S/C18H23NO7/c1-11(2)8-13(18(22)23-3)19-16(20)10-26-17(21)12-4-5-14-15(9-12)25-7-6-24-14/h4-5,9,11,13H,6-8,10H2,1-3H3,(H,19,20)/t13-/m0/s1. The summed E-state index contributed by atoms with van der Waals surface area (Å²) in [6.45, 7) is 4.19. The van der Waals surface area contributed by atoms with Crippen molar-refractivity contribution in [2.75, 3.05) is 26.9 Å². The highest BCUT2D eigenvalue weighted by Gasteiger charge is 2.23. The molecule has 1 aliphatic rings. The van der Waals surface area contributed by atoms with Crippen molar-refractivity contribution < 1.29 is 33.3 Å². The topological polar surface area (TPSA) is 100 Å². The van der Waals surface area contributed by atoms with Gasteiger partial charge in [-0.1, -0.05) is 13.8 Å². The van der Waals surface area contributed by atoms with Crippen LogP contribution in [0.4, 0.5) is 0 Å². The average molecular weight is 365 g/mol. The molecule has 1 aliphatic heterocycles. The van der Waals surface area contributed by atoms with Crippen LogP contribution in [0, 0.1) is 5.92 Å². The van der Waals surface area contributed by atoms with E-state index in [0.717, 1.165) is 0 Å². The van der Waals surface area contributed by atoms with Crippen molar-refractivity contribution in [3.63, 3.8) is 0 Å². The lowest BCUT2D eigenvalue weighted by molar-refractivity contribution is -0.145. The van der Waals surface area contributed by atoms with E-state index in [1.807, 2.05) is 13.8 Å². The second-order valence-corrected chi connectivity index (χ2v) is 6.21. The minimum atomic E-state index is -0.777. The highest BCUT2D eigenvalue weighted by Crippen LogP contribution is 2.30. The molecular weight excluding hydrogens is 342 g/mol. The Morgan fingerprint density at radius 2 is 1.85 bits per heavy atom. The second-order valence-electron chi connectivity index (χ2n) is 6.21. The minimum absolute atomic E-state index is 0.180. The van der Waals surface area contributed by atoms with Gasteiger partial charge in [0.15, 0.2) is 18.1 Å². The van der Waals surface area contributed by atoms with E-state index in [-0.39, 0.29) is 11.5 Å². The van der Waals surface area contributed by atoms with E-state index in [1.165, 1.54) is 19.2 Å². The van der Waals surface area contributed by atoms with Crippen LogP contribution >= 0.6 is 0 Å². The van der Waals surface area contributed by atoms with E-state index in [9.17, 15) is 14.4 Å². The molecule has 142 valence electrons. The summed E-state index contributed by atoms with van der Waals surface area (Å²) in [5.41, 5.74) is 0.244. The predicted molar refractivity (Wildman–Crippen MR) is 91.1 cm³/mol. The van der Waals surface area contributed by atoms with Gasteiger partial charge in [0.05, 0.1) is 12.7 Å². The first-order valence-corrected chi connectivity index (χ1v) is 8.34. The van der Waals surface area contributed by atoms with Crippen LogP contribution in [-0.4, -0.2) is 50.8 Å². The minimum Gasteiger partial charge on any atom is -0.486 e. The van der Waals surface area contributed by atoms with Crippen LogP contribution in [0.3, 0.4) is 0 Å². The summed E-state index contributed by atoms with van der Waals surface area (Å²) in [5.74, 6) is -0.592. The monoisotopic (exact) mass is 365 g/mol. The highest BCUT2D eigenvalue weighted by atomic mass is 16.6. The predicted octanol–water partition coefficient (Wildman–Crippen LogP) is 1.32. The zero-order chi connectivity index (χ0) is 19.1. The first-order chi connectivity index (χ1) is 12.4. The fourth-order valence-electron chi connectivity index (χ4n) is 2.45. The van der Waals surface area contributed by atoms with Gasteiger partial charge in [-0.2, -0.15) is 0 Å². The number of benzene rings is 1. The molecule has 8 heteroatoms. The van der Waals surface area contributed by atoms with Gasteiger partial charge < -0.3 is 24.3 Å². The first kappa shape index (κ1) is 19.6. The summed E-state index contributed by atoms with van der Waals surface area (Å²) in [7, 11) is 1.25. The molecule has 1 aromatic carbocycles. The summed E-state index contributed by atoms with van der Waals surface area (Å²) in [4.78, 5) is 35.8. The van der Waals surface area contributed by atoms with Crippen molar-refractivity contribution >= 4 is 17.8 Å². The Morgan fingerprint density at radius 3 is 2.50 bits per heavy atom. The van der Waals surface area contributed by atoms with Gasteiger partial charge in [-0.25, -0.2) is 9.59 Å². The number of nitrogens with one attached hydrogen (secondary N) is 1. The number of carbonyl (C=O) groups is 3. The molecule has 8 nitrogen and oxygen atoms in total. The van der Waals surface area contributed by atoms with E-state index in [0.29, 0.717) is 31.1 Å². The van der Waals surface area contributed by atoms with E-state index in [4.69, 9.17) is 14.2 Å². The number of methoxy groups -OCH3 is 1. The van der Waals surface area contributed by atoms with Crippen molar-refractivity contribution in [1.29, 1.82) is 0 Å². The van der Waals surface area contributed by atoms with E-state index in [1.54, 1.807) is 6.07 Å². The summed E-state index contributed by atoms with van der Waals surface area (Å²) >= 11 is 0. The number of ether oxygens (including phenoxy) is 4. The fraction of sp³-hybridized carbons (Fsp3) is 0.500. The summed E-state index contributed by atoms with van der Waals surface area (Å²) < 4.78 is 20.5. The molecule has 1 atom stereocenters. The lowest BCUT2D eigenvalue weighted by Crippen LogP contribution is -2.44. The Hall–Kier alpha value is -2.77. The zero-order valence-corrected chi connectivity index (χ0v) is 15.1. The molecule has 0 aromatic heterocycles. The fourth-order valence-corrected chi connectivity index (χ4v) is 2.45. The van der Waals surface area contributed by atoms with Crippen molar-refractivity contribution in [2.24, 2.45) is 5.92 Å². The van der Waals surface area contributed by atoms with E-state index in [2.05, 4.69) is 10.1 Å². The van der Waals surface area contributed by atoms with Crippen LogP contribution in [0.25, 0.3) is 0 Å². The normalized spacial score (nSPS) is 13.7. The summed E-state index contributed by atoms with van der Waals surface area (Å²) in [5, 5.41) is 2.52. The number of hydrogen-bond acceptors (Lipinski definition) is 7. The SMILES string of the molecule is COC(=O)[C@H](CC(C)C)NC(=O)COC(=O)c1ccc2c(c1)OCCO2. The molecule has 0 radical (unpaired) electrons. The average Bonchev–Trinajstić information content (AvgIpc) is 2.64. The van der Waals surface area contributed by atoms with Gasteiger partial charge in [-0.3, -0.25) is 4.79 Å². The van der Waals surface area contributed by atoms with E-state index < -0.39 is 30.5 Å². The summed E-state index contributed by atoms with van der Waals surface area (Å²) in [6, 6.07) is 3.87. The molecule has 2 rings (SSSR count). The number of amides is 1. The number of carbonyl (C=O) groups excluding carboxylic acids is 3. The third-order valence-electron chi connectivity index (χ3n) is 3.64. The molecule has 0 spiro atoms. The molecular formula is C18H23NO7. The van der Waals surface area contributed by atoms with Gasteiger partial charge >= 0.3 is 11.9 Å². The van der Waals surface area contributed by atoms with Gasteiger partial charge in [0.25, 0.3) is 5.91 Å². The maximum absolute atomic E-state index is 12.1. The largest absolute Gasteiger partial charge is 0.486 e. The number of hydrogen-bond donors (Lipinski definition) is 1. The Labute approximate surface area is 151 Å². The molecule has 0 saturated heterocycles. The van der Waals surface area contributed by atoms with Crippen LogP contribution in [0.15, 0.2) is 18.2 Å². The van der Waals surface area contributed by atoms with Crippen LogP contribution in [0.5, 0.6) is 11.5 Å². The lowest BCUT2D eigenvalue weighted by Gasteiger charge is -2.19. The molecule has 1 amide bonds. The van der Waals surface area contributed by atoms with E-state index >= 15 is 0 Å². The lowest BCUT2D eigenvalue weighted by atomic mass is 10.0. The molecule has 1 heterocycles. The van der Waals surface area contributed by atoms with Gasteiger partial charge in [0, 0.05) is 0 Å². The Morgan fingerprint density at radius 1 is 1.15 bits per heavy atom. The molecule has 0 aliphatic carbocycles. The van der Waals surface area contributed by atoms with Crippen LogP contribution in [0.1, 0.15) is 30.6 Å². The number of esters is 2. The molecule has 1 N–H and O–H groups in total. The Balaban J connectivity index is 1.89. The third-order valence-corrected chi connectivity index (χ3v) is 3.64. The second kappa shape index (κ2) is 9.07. The third kappa shape index (κ3) is 5.37. The molecule has 0 fully saturated rings. The van der Waals surface area contributed by atoms with Gasteiger partial charge in [0.1, 0.15) is 19.3 Å². The molecule has 0 unspecified atom stereocenters. The Bertz CT molecular complexity index is 672. The van der Waals surface area contributed by atoms with Gasteiger partial charge in [0.2, 0.25) is 0 Å². The zero-order valence-electron chi connectivity index (χ0n) is 15.1.